The zero-order valence-electron chi connectivity index (χ0n) is 14.5. The fourth-order valence-electron chi connectivity index (χ4n) is 2.28. The fraction of sp³-hybridized carbons (Fsp3) is 0.158. The molecule has 7 nitrogen and oxygen atoms in total. The number of aryl methyl sites for hydroxylation is 1. The number of ether oxygens (including phenoxy) is 1. The summed E-state index contributed by atoms with van der Waals surface area (Å²) in [5.41, 5.74) is 1.80. The number of H-pyrrole nitrogens is 1. The van der Waals surface area contributed by atoms with Crippen molar-refractivity contribution in [1.29, 1.82) is 0 Å². The number of nitrogens with zero attached hydrogens (tertiary/aromatic N) is 1. The highest BCUT2D eigenvalue weighted by molar-refractivity contribution is 7.09. The van der Waals surface area contributed by atoms with Crippen molar-refractivity contribution in [3.8, 4) is 0 Å². The van der Waals surface area contributed by atoms with Crippen LogP contribution < -0.4 is 10.9 Å². The normalized spacial score (nSPS) is 10.4. The summed E-state index contributed by atoms with van der Waals surface area (Å²) in [5, 5.41) is 5.14. The van der Waals surface area contributed by atoms with Crippen LogP contribution in [0.3, 0.4) is 0 Å². The van der Waals surface area contributed by atoms with Gasteiger partial charge in [-0.2, -0.15) is 0 Å². The van der Waals surface area contributed by atoms with Gasteiger partial charge in [0.2, 0.25) is 5.91 Å². The fourth-order valence-corrected chi connectivity index (χ4v) is 3.05. The van der Waals surface area contributed by atoms with E-state index in [1.54, 1.807) is 11.4 Å². The summed E-state index contributed by atoms with van der Waals surface area (Å²) in [6, 6.07) is 10.5. The first-order valence-corrected chi connectivity index (χ1v) is 9.04. The predicted octanol–water partition coefficient (Wildman–Crippen LogP) is 2.68. The molecule has 8 heteroatoms. The molecule has 0 spiro atoms. The maximum absolute atomic E-state index is 12.1. The second-order valence-corrected chi connectivity index (χ2v) is 6.76. The van der Waals surface area contributed by atoms with E-state index in [0.717, 1.165) is 11.3 Å². The van der Waals surface area contributed by atoms with E-state index in [4.69, 9.17) is 4.74 Å². The molecular weight excluding hydrogens is 366 g/mol. The van der Waals surface area contributed by atoms with Crippen molar-refractivity contribution in [2.45, 2.75) is 20.0 Å². The molecule has 0 saturated carbocycles. The topological polar surface area (TPSA) is 101 Å². The number of carbonyl (C=O) groups excluding carboxylic acids is 2. The van der Waals surface area contributed by atoms with Gasteiger partial charge in [0.1, 0.15) is 17.2 Å². The quantitative estimate of drug-likeness (QED) is 0.637. The van der Waals surface area contributed by atoms with Crippen LogP contribution in [0.15, 0.2) is 52.8 Å². The van der Waals surface area contributed by atoms with Crippen LogP contribution >= 0.6 is 11.3 Å². The third kappa shape index (κ3) is 5.11. The Morgan fingerprint density at radius 3 is 2.74 bits per heavy atom. The molecule has 0 aliphatic heterocycles. The van der Waals surface area contributed by atoms with E-state index >= 15 is 0 Å². The Bertz CT molecular complexity index is 1010. The van der Waals surface area contributed by atoms with Crippen LogP contribution in [0.5, 0.6) is 0 Å². The van der Waals surface area contributed by atoms with Gasteiger partial charge in [0.05, 0.1) is 12.1 Å². The lowest BCUT2D eigenvalue weighted by Gasteiger charge is -2.04. The number of pyridine rings is 1. The van der Waals surface area contributed by atoms with Gasteiger partial charge in [0, 0.05) is 17.3 Å². The van der Waals surface area contributed by atoms with E-state index in [1.807, 2.05) is 31.2 Å². The van der Waals surface area contributed by atoms with Crippen LogP contribution in [0.2, 0.25) is 0 Å². The van der Waals surface area contributed by atoms with E-state index in [1.165, 1.54) is 23.6 Å². The second kappa shape index (κ2) is 8.41. The minimum atomic E-state index is -0.719. The van der Waals surface area contributed by atoms with Gasteiger partial charge in [0.15, 0.2) is 0 Å². The van der Waals surface area contributed by atoms with Crippen LogP contribution in [-0.4, -0.2) is 21.8 Å². The van der Waals surface area contributed by atoms with Crippen molar-refractivity contribution in [2.24, 2.45) is 0 Å². The molecule has 3 aromatic rings. The molecule has 0 atom stereocenters. The minimum Gasteiger partial charge on any atom is -0.455 e. The SMILES string of the molecule is Cc1ccc(NC(=O)Cc2nc(COC(=O)c3ccc[nH]c3=O)cs2)cc1. The average Bonchev–Trinajstić information content (AvgIpc) is 3.09. The lowest BCUT2D eigenvalue weighted by atomic mass is 10.2. The number of nitrogens with one attached hydrogen (secondary N) is 2. The van der Waals surface area contributed by atoms with Gasteiger partial charge in [-0.15, -0.1) is 11.3 Å². The Kier molecular flexibility index (Phi) is 5.77. The third-order valence-electron chi connectivity index (χ3n) is 3.64. The lowest BCUT2D eigenvalue weighted by Crippen LogP contribution is -2.18. The number of aromatic amines is 1. The molecule has 0 aliphatic rings. The Labute approximate surface area is 159 Å². The van der Waals surface area contributed by atoms with Crippen molar-refractivity contribution in [3.05, 3.63) is 80.2 Å². The number of hydrogen-bond acceptors (Lipinski definition) is 6. The summed E-state index contributed by atoms with van der Waals surface area (Å²) in [5.74, 6) is -0.893. The van der Waals surface area contributed by atoms with E-state index in [2.05, 4.69) is 15.3 Å². The molecule has 138 valence electrons. The van der Waals surface area contributed by atoms with Gasteiger partial charge < -0.3 is 15.0 Å². The van der Waals surface area contributed by atoms with Crippen LogP contribution in [0, 0.1) is 6.92 Å². The molecule has 1 amide bonds. The smallest absolute Gasteiger partial charge is 0.344 e. The number of amides is 1. The zero-order valence-corrected chi connectivity index (χ0v) is 15.3. The number of hydrogen-bond donors (Lipinski definition) is 2. The van der Waals surface area contributed by atoms with Crippen molar-refractivity contribution < 1.29 is 14.3 Å². The number of carbonyl (C=O) groups is 2. The van der Waals surface area contributed by atoms with Crippen LogP contribution in [0.1, 0.15) is 26.6 Å². The Morgan fingerprint density at radius 1 is 1.22 bits per heavy atom. The molecule has 0 saturated heterocycles. The van der Waals surface area contributed by atoms with Crippen molar-refractivity contribution in [2.75, 3.05) is 5.32 Å². The highest BCUT2D eigenvalue weighted by atomic mass is 32.1. The largest absolute Gasteiger partial charge is 0.455 e. The molecule has 27 heavy (non-hydrogen) atoms. The molecule has 2 aromatic heterocycles. The first-order chi connectivity index (χ1) is 13.0. The van der Waals surface area contributed by atoms with Crippen molar-refractivity contribution in [3.63, 3.8) is 0 Å². The average molecular weight is 383 g/mol. The maximum atomic E-state index is 12.1. The number of thiazole rings is 1. The number of rotatable bonds is 6. The standard InChI is InChI=1S/C19H17N3O4S/c1-12-4-6-13(7-5-12)21-16(23)9-17-22-14(11-27-17)10-26-19(25)15-3-2-8-20-18(15)24/h2-8,11H,9-10H2,1H3,(H,20,24)(H,21,23). The lowest BCUT2D eigenvalue weighted by molar-refractivity contribution is -0.115. The van der Waals surface area contributed by atoms with E-state index < -0.39 is 11.5 Å². The molecule has 2 heterocycles. The molecular formula is C19H17N3O4S. The Morgan fingerprint density at radius 2 is 2.00 bits per heavy atom. The van der Waals surface area contributed by atoms with Crippen LogP contribution in [-0.2, 0) is 22.6 Å². The Balaban J connectivity index is 1.53. The molecule has 3 rings (SSSR count). The highest BCUT2D eigenvalue weighted by Gasteiger charge is 2.13. The molecule has 1 aromatic carbocycles. The van der Waals surface area contributed by atoms with Gasteiger partial charge in [-0.05, 0) is 31.2 Å². The van der Waals surface area contributed by atoms with Gasteiger partial charge in [-0.1, -0.05) is 17.7 Å². The number of benzene rings is 1. The summed E-state index contributed by atoms with van der Waals surface area (Å²) >= 11 is 1.31. The molecule has 0 aliphatic carbocycles. The maximum Gasteiger partial charge on any atom is 0.344 e. The minimum absolute atomic E-state index is 0.0644. The number of anilines is 1. The molecule has 0 fully saturated rings. The van der Waals surface area contributed by atoms with E-state index in [-0.39, 0.29) is 24.5 Å². The van der Waals surface area contributed by atoms with Crippen LogP contribution in [0.4, 0.5) is 5.69 Å². The second-order valence-electron chi connectivity index (χ2n) is 5.81. The first-order valence-electron chi connectivity index (χ1n) is 8.16. The predicted molar refractivity (Wildman–Crippen MR) is 102 cm³/mol. The van der Waals surface area contributed by atoms with Gasteiger partial charge in [0.25, 0.3) is 5.56 Å². The zero-order chi connectivity index (χ0) is 19.2. The highest BCUT2D eigenvalue weighted by Crippen LogP contribution is 2.14. The summed E-state index contributed by atoms with van der Waals surface area (Å²) < 4.78 is 5.10. The van der Waals surface area contributed by atoms with Crippen molar-refractivity contribution >= 4 is 28.9 Å². The van der Waals surface area contributed by atoms with Gasteiger partial charge in [-0.3, -0.25) is 9.59 Å². The van der Waals surface area contributed by atoms with Crippen LogP contribution in [0.25, 0.3) is 0 Å². The Hall–Kier alpha value is -3.26. The monoisotopic (exact) mass is 383 g/mol. The molecule has 0 radical (unpaired) electrons. The summed E-state index contributed by atoms with van der Waals surface area (Å²) in [4.78, 5) is 42.3. The van der Waals surface area contributed by atoms with E-state index in [0.29, 0.717) is 10.7 Å². The van der Waals surface area contributed by atoms with Gasteiger partial charge in [-0.25, -0.2) is 9.78 Å². The molecule has 2 N–H and O–H groups in total. The summed E-state index contributed by atoms with van der Waals surface area (Å²) in [6.45, 7) is 1.91. The molecule has 0 unspecified atom stereocenters. The first kappa shape index (κ1) is 18.5. The van der Waals surface area contributed by atoms with E-state index in [9.17, 15) is 14.4 Å². The summed E-state index contributed by atoms with van der Waals surface area (Å²) in [7, 11) is 0. The summed E-state index contributed by atoms with van der Waals surface area (Å²) in [6.07, 6.45) is 1.57. The number of esters is 1. The third-order valence-corrected chi connectivity index (χ3v) is 4.53. The van der Waals surface area contributed by atoms with Crippen molar-refractivity contribution in [1.82, 2.24) is 9.97 Å². The number of aromatic nitrogens is 2. The molecule has 0 bridgehead atoms. The van der Waals surface area contributed by atoms with Gasteiger partial charge >= 0.3 is 5.97 Å².